The first-order valence-electron chi connectivity index (χ1n) is 6.73. The van der Waals surface area contributed by atoms with E-state index < -0.39 is 10.0 Å². The molecule has 2 heterocycles. The highest BCUT2D eigenvalue weighted by Crippen LogP contribution is 2.27. The summed E-state index contributed by atoms with van der Waals surface area (Å²) in [6.45, 7) is 0.582. The summed E-state index contributed by atoms with van der Waals surface area (Å²) in [7, 11) is -3.45. The van der Waals surface area contributed by atoms with Gasteiger partial charge in [-0.05, 0) is 30.9 Å². The zero-order valence-corrected chi connectivity index (χ0v) is 11.9. The van der Waals surface area contributed by atoms with Gasteiger partial charge in [-0.1, -0.05) is 30.3 Å². The molecular formula is C14H17N3O2S. The Labute approximate surface area is 118 Å². The van der Waals surface area contributed by atoms with Gasteiger partial charge in [0.1, 0.15) is 0 Å². The number of H-pyrrole nitrogens is 1. The lowest BCUT2D eigenvalue weighted by atomic mass is 10.1. The van der Waals surface area contributed by atoms with Gasteiger partial charge in [-0.2, -0.15) is 9.40 Å². The van der Waals surface area contributed by atoms with Crippen LogP contribution in [-0.2, 0) is 16.4 Å². The van der Waals surface area contributed by atoms with Gasteiger partial charge in [0.05, 0.1) is 6.20 Å². The van der Waals surface area contributed by atoms with E-state index in [1.165, 1.54) is 17.8 Å². The van der Waals surface area contributed by atoms with Crippen LogP contribution in [0.2, 0.25) is 0 Å². The summed E-state index contributed by atoms with van der Waals surface area (Å²) in [5.41, 5.74) is 1.17. The maximum atomic E-state index is 12.6. The van der Waals surface area contributed by atoms with Crippen LogP contribution in [-0.4, -0.2) is 35.5 Å². The van der Waals surface area contributed by atoms with Crippen LogP contribution in [0.5, 0.6) is 0 Å². The molecule has 5 nitrogen and oxygen atoms in total. The number of nitrogens with zero attached hydrogens (tertiary/aromatic N) is 2. The molecule has 6 heteroatoms. The average Bonchev–Trinajstić information content (AvgIpc) is 3.11. The minimum atomic E-state index is -3.45. The summed E-state index contributed by atoms with van der Waals surface area (Å²) >= 11 is 0. The number of aromatic amines is 1. The second-order valence-corrected chi connectivity index (χ2v) is 6.88. The Morgan fingerprint density at radius 1 is 1.25 bits per heavy atom. The van der Waals surface area contributed by atoms with Crippen LogP contribution in [0, 0.1) is 0 Å². The molecule has 3 rings (SSSR count). The maximum absolute atomic E-state index is 12.6. The van der Waals surface area contributed by atoms with Crippen LogP contribution in [0.3, 0.4) is 0 Å². The number of rotatable bonds is 4. The van der Waals surface area contributed by atoms with Gasteiger partial charge in [0.25, 0.3) is 10.0 Å². The summed E-state index contributed by atoms with van der Waals surface area (Å²) in [6.07, 6.45) is 4.04. The fourth-order valence-electron chi connectivity index (χ4n) is 2.73. The molecule has 1 aromatic heterocycles. The van der Waals surface area contributed by atoms with Gasteiger partial charge in [-0.15, -0.1) is 0 Å². The van der Waals surface area contributed by atoms with E-state index in [1.807, 2.05) is 30.3 Å². The highest BCUT2D eigenvalue weighted by molar-refractivity contribution is 7.89. The van der Waals surface area contributed by atoms with Crippen LogP contribution < -0.4 is 0 Å². The van der Waals surface area contributed by atoms with Crippen molar-refractivity contribution >= 4 is 10.0 Å². The smallest absolute Gasteiger partial charge is 0.260 e. The molecule has 2 aromatic rings. The molecular weight excluding hydrogens is 274 g/mol. The molecule has 1 aliphatic rings. The van der Waals surface area contributed by atoms with Crippen LogP contribution in [0.4, 0.5) is 0 Å². The fraction of sp³-hybridized carbons (Fsp3) is 0.357. The molecule has 1 atom stereocenters. The molecule has 20 heavy (non-hydrogen) atoms. The van der Waals surface area contributed by atoms with Gasteiger partial charge < -0.3 is 0 Å². The Bertz CT molecular complexity index is 653. The zero-order valence-electron chi connectivity index (χ0n) is 11.1. The highest BCUT2D eigenvalue weighted by atomic mass is 32.2. The number of hydrogen-bond donors (Lipinski definition) is 1. The number of aromatic nitrogens is 2. The largest absolute Gasteiger partial charge is 0.266 e. The lowest BCUT2D eigenvalue weighted by Crippen LogP contribution is -2.37. The van der Waals surface area contributed by atoms with Crippen LogP contribution in [0.25, 0.3) is 0 Å². The van der Waals surface area contributed by atoms with Gasteiger partial charge in [0.2, 0.25) is 0 Å². The summed E-state index contributed by atoms with van der Waals surface area (Å²) in [5, 5.41) is 6.48. The number of hydrogen-bond acceptors (Lipinski definition) is 3. The lowest BCUT2D eigenvalue weighted by Gasteiger charge is -2.23. The second-order valence-electron chi connectivity index (χ2n) is 5.02. The van der Waals surface area contributed by atoms with Gasteiger partial charge in [0.15, 0.2) is 5.03 Å². The Morgan fingerprint density at radius 3 is 2.75 bits per heavy atom. The Balaban J connectivity index is 1.83. The SMILES string of the molecule is O=S(=O)(c1ccn[nH]1)N1CCCC1Cc1ccccc1. The molecule has 106 valence electrons. The Morgan fingerprint density at radius 2 is 2.05 bits per heavy atom. The summed E-state index contributed by atoms with van der Waals surface area (Å²) in [6, 6.07) is 11.6. The van der Waals surface area contributed by atoms with Gasteiger partial charge in [0, 0.05) is 12.6 Å². The van der Waals surface area contributed by atoms with Crippen molar-refractivity contribution in [2.75, 3.05) is 6.54 Å². The summed E-state index contributed by atoms with van der Waals surface area (Å²) in [5.74, 6) is 0. The first-order chi connectivity index (χ1) is 9.68. The maximum Gasteiger partial charge on any atom is 0.260 e. The van der Waals surface area contributed by atoms with Crippen molar-refractivity contribution < 1.29 is 8.42 Å². The molecule has 0 saturated carbocycles. The zero-order chi connectivity index (χ0) is 14.0. The molecule has 0 amide bonds. The van der Waals surface area contributed by atoms with E-state index in [4.69, 9.17) is 0 Å². The summed E-state index contributed by atoms with van der Waals surface area (Å²) < 4.78 is 26.7. The predicted molar refractivity (Wildman–Crippen MR) is 75.6 cm³/mol. The van der Waals surface area contributed by atoms with Gasteiger partial charge >= 0.3 is 0 Å². The molecule has 0 aliphatic carbocycles. The van der Waals surface area contributed by atoms with E-state index in [1.54, 1.807) is 4.31 Å². The molecule has 1 saturated heterocycles. The molecule has 0 spiro atoms. The first kappa shape index (κ1) is 13.3. The van der Waals surface area contributed by atoms with Crippen molar-refractivity contribution in [2.24, 2.45) is 0 Å². The minimum Gasteiger partial charge on any atom is -0.266 e. The van der Waals surface area contributed by atoms with Gasteiger partial charge in [-0.3, -0.25) is 5.10 Å². The first-order valence-corrected chi connectivity index (χ1v) is 8.17. The van der Waals surface area contributed by atoms with Crippen molar-refractivity contribution in [1.82, 2.24) is 14.5 Å². The Kier molecular flexibility index (Phi) is 3.58. The molecule has 1 unspecified atom stereocenters. The van der Waals surface area contributed by atoms with Crippen LogP contribution in [0.15, 0.2) is 47.6 Å². The van der Waals surface area contributed by atoms with Crippen molar-refractivity contribution in [3.05, 3.63) is 48.2 Å². The molecule has 1 N–H and O–H groups in total. The van der Waals surface area contributed by atoms with Crippen molar-refractivity contribution in [2.45, 2.75) is 30.3 Å². The number of benzene rings is 1. The van der Waals surface area contributed by atoms with Crippen molar-refractivity contribution in [1.29, 1.82) is 0 Å². The monoisotopic (exact) mass is 291 g/mol. The van der Waals surface area contributed by atoms with E-state index in [2.05, 4.69) is 10.2 Å². The van der Waals surface area contributed by atoms with Crippen LogP contribution in [0.1, 0.15) is 18.4 Å². The normalized spacial score (nSPS) is 20.3. The van der Waals surface area contributed by atoms with Gasteiger partial charge in [-0.25, -0.2) is 8.42 Å². The standard InChI is InChI=1S/C14H17N3O2S/c18-20(19,14-8-9-15-16-14)17-10-4-7-13(17)11-12-5-2-1-3-6-12/h1-3,5-6,8-9,13H,4,7,10-11H2,(H,15,16). The Hall–Kier alpha value is -1.66. The third-order valence-electron chi connectivity index (χ3n) is 3.70. The van der Waals surface area contributed by atoms with Crippen molar-refractivity contribution in [3.63, 3.8) is 0 Å². The number of sulfonamides is 1. The second kappa shape index (κ2) is 5.38. The van der Waals surface area contributed by atoms with E-state index in [0.29, 0.717) is 6.54 Å². The van der Waals surface area contributed by atoms with E-state index in [9.17, 15) is 8.42 Å². The predicted octanol–water partition coefficient (Wildman–Crippen LogP) is 1.81. The van der Waals surface area contributed by atoms with E-state index >= 15 is 0 Å². The number of nitrogens with one attached hydrogen (secondary N) is 1. The molecule has 0 bridgehead atoms. The topological polar surface area (TPSA) is 66.1 Å². The molecule has 1 fully saturated rings. The van der Waals surface area contributed by atoms with E-state index in [0.717, 1.165) is 19.3 Å². The quantitative estimate of drug-likeness (QED) is 0.934. The average molecular weight is 291 g/mol. The minimum absolute atomic E-state index is 0.0331. The molecule has 0 radical (unpaired) electrons. The fourth-order valence-corrected chi connectivity index (χ4v) is 4.32. The third-order valence-corrected chi connectivity index (χ3v) is 5.58. The highest BCUT2D eigenvalue weighted by Gasteiger charge is 2.35. The molecule has 1 aliphatic heterocycles. The van der Waals surface area contributed by atoms with Crippen molar-refractivity contribution in [3.8, 4) is 0 Å². The third kappa shape index (κ3) is 2.48. The van der Waals surface area contributed by atoms with E-state index in [-0.39, 0.29) is 11.1 Å². The molecule has 1 aromatic carbocycles. The lowest BCUT2D eigenvalue weighted by molar-refractivity contribution is 0.384. The summed E-state index contributed by atoms with van der Waals surface area (Å²) in [4.78, 5) is 0. The van der Waals surface area contributed by atoms with Crippen LogP contribution >= 0.6 is 0 Å².